The number of carbonyl (C=O) groups is 2. The number of benzene rings is 2. The van der Waals surface area contributed by atoms with Crippen LogP contribution in [0.4, 0.5) is 15.5 Å². The largest absolute Gasteiger partial charge is 0.382 e. The van der Waals surface area contributed by atoms with Crippen molar-refractivity contribution in [1.29, 1.82) is 0 Å². The molecule has 9 nitrogen and oxygen atoms in total. The highest BCUT2D eigenvalue weighted by molar-refractivity contribution is 6.72. The zero-order valence-corrected chi connectivity index (χ0v) is 25.1. The fraction of sp³-hybridized carbons (Fsp3) is 0.419. The molecule has 3 aliphatic heterocycles. The number of anilines is 2. The van der Waals surface area contributed by atoms with Crippen LogP contribution in [0.1, 0.15) is 42.7 Å². The minimum absolute atomic E-state index is 0.0364. The Morgan fingerprint density at radius 2 is 2.00 bits per heavy atom. The third-order valence-corrected chi connectivity index (χ3v) is 11.5. The molecule has 2 aromatic carbocycles. The Bertz CT molecular complexity index is 1520. The Labute approximate surface area is 245 Å². The van der Waals surface area contributed by atoms with E-state index in [4.69, 9.17) is 4.74 Å². The van der Waals surface area contributed by atoms with Crippen molar-refractivity contribution >= 4 is 31.6 Å². The summed E-state index contributed by atoms with van der Waals surface area (Å²) < 4.78 is 24.5. The van der Waals surface area contributed by atoms with Gasteiger partial charge in [-0.15, -0.1) is 11.7 Å². The third-order valence-electron chi connectivity index (χ3n) is 9.01. The van der Waals surface area contributed by atoms with E-state index in [1.54, 1.807) is 39.8 Å². The minimum atomic E-state index is -3.34. The van der Waals surface area contributed by atoms with E-state index in [-0.39, 0.29) is 11.8 Å². The van der Waals surface area contributed by atoms with Gasteiger partial charge in [-0.05, 0) is 43.3 Å². The first-order chi connectivity index (χ1) is 20.1. The van der Waals surface area contributed by atoms with Crippen molar-refractivity contribution in [2.24, 2.45) is 5.92 Å². The lowest BCUT2D eigenvalue weighted by molar-refractivity contribution is -0.145. The number of rotatable bonds is 9. The first-order valence-corrected chi connectivity index (χ1v) is 17.4. The molecule has 3 aromatic rings. The summed E-state index contributed by atoms with van der Waals surface area (Å²) in [5, 5.41) is 19.1. The van der Waals surface area contributed by atoms with Crippen molar-refractivity contribution in [1.82, 2.24) is 15.0 Å². The van der Waals surface area contributed by atoms with Gasteiger partial charge in [0.2, 0.25) is 14.3 Å². The molecule has 4 heterocycles. The number of halogens is 1. The van der Waals surface area contributed by atoms with E-state index in [2.05, 4.69) is 16.9 Å². The van der Waals surface area contributed by atoms with Crippen LogP contribution in [0, 0.1) is 5.92 Å². The van der Waals surface area contributed by atoms with Gasteiger partial charge in [-0.25, -0.2) is 0 Å². The number of hydrogen-bond donors (Lipinski definition) is 1. The van der Waals surface area contributed by atoms with E-state index in [9.17, 15) is 14.7 Å². The Morgan fingerprint density at radius 1 is 1.24 bits per heavy atom. The maximum Gasteiger partial charge on any atom is 0.264 e. The molecule has 2 amide bonds. The van der Waals surface area contributed by atoms with Gasteiger partial charge in [-0.1, -0.05) is 48.5 Å². The number of aryl methyl sites for hydroxylation is 1. The zero-order chi connectivity index (χ0) is 29.8. The fourth-order valence-electron chi connectivity index (χ4n) is 6.98. The van der Waals surface area contributed by atoms with Crippen molar-refractivity contribution < 1.29 is 23.5 Å². The normalized spacial score (nSPS) is 26.1. The van der Waals surface area contributed by atoms with Gasteiger partial charge in [0.15, 0.2) is 5.60 Å². The van der Waals surface area contributed by atoms with Gasteiger partial charge in [0.25, 0.3) is 5.91 Å². The number of aromatic nitrogens is 3. The van der Waals surface area contributed by atoms with Crippen LogP contribution < -0.4 is 9.80 Å². The maximum absolute atomic E-state index is 16.1. The first-order valence-electron chi connectivity index (χ1n) is 14.4. The SMILES string of the molecule is C=CCN1C(=O)[C@@]2(O[C@@H](CCn3cc([C@H](O)c4ccccc4)nn3)[C@H]([Si](C)(C)F)[C@H]2C)c2cc(N3CCC3=O)ccc21. The smallest absolute Gasteiger partial charge is 0.264 e. The number of aliphatic hydroxyl groups is 1. The van der Waals surface area contributed by atoms with E-state index in [0.717, 1.165) is 5.69 Å². The quantitative estimate of drug-likeness (QED) is 0.171. The number of aliphatic hydroxyl groups excluding tert-OH is 1. The molecule has 42 heavy (non-hydrogen) atoms. The second-order valence-corrected chi connectivity index (χ2v) is 15.8. The molecule has 2 saturated heterocycles. The molecule has 5 atom stereocenters. The average molecular weight is 590 g/mol. The van der Waals surface area contributed by atoms with E-state index < -0.39 is 37.7 Å². The van der Waals surface area contributed by atoms with Crippen LogP contribution in [0.5, 0.6) is 0 Å². The Morgan fingerprint density at radius 3 is 2.64 bits per heavy atom. The molecule has 0 radical (unpaired) electrons. The van der Waals surface area contributed by atoms with Crippen LogP contribution in [0.2, 0.25) is 18.6 Å². The Hall–Kier alpha value is -3.67. The highest BCUT2D eigenvalue weighted by Gasteiger charge is 2.66. The van der Waals surface area contributed by atoms with Gasteiger partial charge in [-0.3, -0.25) is 14.3 Å². The first kappa shape index (κ1) is 28.4. The molecule has 1 aromatic heterocycles. The number of amides is 2. The summed E-state index contributed by atoms with van der Waals surface area (Å²) in [7, 11) is -3.34. The second kappa shape index (κ2) is 10.6. The van der Waals surface area contributed by atoms with Gasteiger partial charge in [0.05, 0.1) is 18.0 Å². The van der Waals surface area contributed by atoms with Crippen LogP contribution >= 0.6 is 0 Å². The summed E-state index contributed by atoms with van der Waals surface area (Å²) in [6.07, 6.45) is 2.81. The summed E-state index contributed by atoms with van der Waals surface area (Å²) in [5.74, 6) is -0.630. The molecular weight excluding hydrogens is 553 g/mol. The molecule has 2 fully saturated rings. The molecule has 6 rings (SSSR count). The van der Waals surface area contributed by atoms with Crippen molar-refractivity contribution in [3.63, 3.8) is 0 Å². The van der Waals surface area contributed by atoms with E-state index in [1.807, 2.05) is 55.5 Å². The number of fused-ring (bicyclic) bond motifs is 2. The molecule has 1 N–H and O–H groups in total. The molecule has 220 valence electrons. The topological polar surface area (TPSA) is 101 Å². The second-order valence-electron chi connectivity index (χ2n) is 12.0. The molecular formula is C31H36FN5O4Si. The number of carbonyl (C=O) groups excluding carboxylic acids is 2. The van der Waals surface area contributed by atoms with Crippen LogP contribution in [-0.2, 0) is 26.5 Å². The molecule has 1 spiro atoms. The maximum atomic E-state index is 16.1. The van der Waals surface area contributed by atoms with Crippen LogP contribution in [0.25, 0.3) is 0 Å². The zero-order valence-electron chi connectivity index (χ0n) is 24.1. The molecule has 0 unspecified atom stereocenters. The number of nitrogens with zero attached hydrogens (tertiary/aromatic N) is 5. The van der Waals surface area contributed by atoms with E-state index in [1.165, 1.54) is 0 Å². The molecule has 0 bridgehead atoms. The minimum Gasteiger partial charge on any atom is -0.382 e. The summed E-state index contributed by atoms with van der Waals surface area (Å²) in [5.41, 5.74) is 1.40. The summed E-state index contributed by atoms with van der Waals surface area (Å²) in [4.78, 5) is 29.8. The molecule has 11 heteroatoms. The van der Waals surface area contributed by atoms with Gasteiger partial charge < -0.3 is 23.8 Å². The Kier molecular flexibility index (Phi) is 7.15. The number of ether oxygens (including phenoxy) is 1. The van der Waals surface area contributed by atoms with Gasteiger partial charge >= 0.3 is 0 Å². The fourth-order valence-corrected chi connectivity index (χ4v) is 9.53. The summed E-state index contributed by atoms with van der Waals surface area (Å²) in [6.45, 7) is 10.4. The van der Waals surface area contributed by atoms with Crippen molar-refractivity contribution in [2.45, 2.75) is 62.8 Å². The monoisotopic (exact) mass is 589 g/mol. The van der Waals surface area contributed by atoms with Gasteiger partial charge in [0.1, 0.15) is 11.8 Å². The Balaban J connectivity index is 1.31. The van der Waals surface area contributed by atoms with Crippen LogP contribution in [-0.4, -0.2) is 59.5 Å². The van der Waals surface area contributed by atoms with E-state index >= 15 is 4.11 Å². The van der Waals surface area contributed by atoms with Crippen LogP contribution in [0.3, 0.4) is 0 Å². The third kappa shape index (κ3) is 4.50. The van der Waals surface area contributed by atoms with Gasteiger partial charge in [0, 0.05) is 48.8 Å². The number of hydrogen-bond acceptors (Lipinski definition) is 6. The van der Waals surface area contributed by atoms with Crippen molar-refractivity contribution in [3.8, 4) is 0 Å². The number of β-lactam (4-membered cyclic amide) rings is 1. The predicted molar refractivity (Wildman–Crippen MR) is 159 cm³/mol. The molecule has 3 aliphatic rings. The lowest BCUT2D eigenvalue weighted by Crippen LogP contribution is -2.45. The molecule has 0 saturated carbocycles. The van der Waals surface area contributed by atoms with E-state index in [0.29, 0.717) is 55.0 Å². The summed E-state index contributed by atoms with van der Waals surface area (Å²) >= 11 is 0. The van der Waals surface area contributed by atoms with Crippen LogP contribution in [0.15, 0.2) is 67.4 Å². The standard InChI is InChI=1S/C31H36FN5O4Si/c1-5-15-37-25-12-11-22(36-17-14-27(36)38)18-23(25)31(30(37)40)20(2)29(42(3,4)32)26(41-31)13-16-35-19-24(33-34-35)28(39)21-9-7-6-8-10-21/h5-12,18-20,26,28-29,39H,1,13-17H2,2-4H3/t20-,26+,28-,29-,31+/m1/s1. The highest BCUT2D eigenvalue weighted by atomic mass is 28.4. The molecule has 0 aliphatic carbocycles. The van der Waals surface area contributed by atoms with Crippen molar-refractivity contribution in [2.75, 3.05) is 22.9 Å². The van der Waals surface area contributed by atoms with Crippen molar-refractivity contribution in [3.05, 3.63) is 84.2 Å². The van der Waals surface area contributed by atoms with Gasteiger partial charge in [-0.2, -0.15) is 0 Å². The highest BCUT2D eigenvalue weighted by Crippen LogP contribution is 2.60. The average Bonchev–Trinajstić information content (AvgIpc) is 3.62. The lowest BCUT2D eigenvalue weighted by Gasteiger charge is -2.33. The predicted octanol–water partition coefficient (Wildman–Crippen LogP) is 4.49. The summed E-state index contributed by atoms with van der Waals surface area (Å²) in [6, 6.07) is 14.8. The lowest BCUT2D eigenvalue weighted by atomic mass is 9.82.